The molecule has 4 rings (SSSR count). The Morgan fingerprint density at radius 3 is 2.54 bits per heavy atom. The Morgan fingerprint density at radius 1 is 1.07 bits per heavy atom. The molecule has 28 heavy (non-hydrogen) atoms. The van der Waals surface area contributed by atoms with Crippen molar-refractivity contribution in [1.29, 1.82) is 0 Å². The lowest BCUT2D eigenvalue weighted by atomic mass is 10.2. The Kier molecular flexibility index (Phi) is 5.48. The van der Waals surface area contributed by atoms with Crippen LogP contribution in [0.2, 0.25) is 0 Å². The van der Waals surface area contributed by atoms with E-state index in [-0.39, 0.29) is 11.8 Å². The summed E-state index contributed by atoms with van der Waals surface area (Å²) < 4.78 is 5.16. The predicted molar refractivity (Wildman–Crippen MR) is 105 cm³/mol. The van der Waals surface area contributed by atoms with Gasteiger partial charge in [0.15, 0.2) is 5.76 Å². The molecule has 144 valence electrons. The normalized spacial score (nSPS) is 14.3. The maximum absolute atomic E-state index is 12.5. The van der Waals surface area contributed by atoms with Crippen LogP contribution in [0.5, 0.6) is 0 Å². The standard InChI is InChI=1S/C20H20N4O3S/c25-18(4-3-16-14-28-19(22-16)15-5-7-21-8-6-15)23-9-11-24(12-10-23)20(26)17-2-1-13-27-17/h1-2,5-8,13-14H,3-4,9-12H2. The number of aromatic nitrogens is 2. The number of furan rings is 1. The molecule has 1 saturated heterocycles. The number of amides is 2. The molecular formula is C20H20N4O3S. The maximum Gasteiger partial charge on any atom is 0.289 e. The zero-order chi connectivity index (χ0) is 19.3. The van der Waals surface area contributed by atoms with Gasteiger partial charge in [-0.15, -0.1) is 11.3 Å². The first-order chi connectivity index (χ1) is 13.7. The van der Waals surface area contributed by atoms with Crippen LogP contribution in [-0.2, 0) is 11.2 Å². The van der Waals surface area contributed by atoms with Gasteiger partial charge in [0.1, 0.15) is 5.01 Å². The average Bonchev–Trinajstić information content (AvgIpc) is 3.44. The molecule has 7 nitrogen and oxygen atoms in total. The van der Waals surface area contributed by atoms with Crippen molar-refractivity contribution in [3.05, 3.63) is 59.8 Å². The Morgan fingerprint density at radius 2 is 1.82 bits per heavy atom. The minimum atomic E-state index is -0.122. The summed E-state index contributed by atoms with van der Waals surface area (Å²) in [4.78, 5) is 37.0. The van der Waals surface area contributed by atoms with Crippen molar-refractivity contribution in [3.63, 3.8) is 0 Å². The number of hydrogen-bond acceptors (Lipinski definition) is 6. The van der Waals surface area contributed by atoms with E-state index in [4.69, 9.17) is 4.42 Å². The average molecular weight is 396 g/mol. The summed E-state index contributed by atoms with van der Waals surface area (Å²) in [5.74, 6) is 0.320. The number of rotatable bonds is 5. The van der Waals surface area contributed by atoms with E-state index >= 15 is 0 Å². The number of aryl methyl sites for hydroxylation is 1. The lowest BCUT2D eigenvalue weighted by Gasteiger charge is -2.34. The van der Waals surface area contributed by atoms with Gasteiger partial charge < -0.3 is 14.2 Å². The van der Waals surface area contributed by atoms with E-state index in [0.717, 1.165) is 16.3 Å². The zero-order valence-electron chi connectivity index (χ0n) is 15.3. The summed E-state index contributed by atoms with van der Waals surface area (Å²) in [5.41, 5.74) is 1.96. The van der Waals surface area contributed by atoms with Crippen molar-refractivity contribution in [2.24, 2.45) is 0 Å². The minimum absolute atomic E-state index is 0.101. The summed E-state index contributed by atoms with van der Waals surface area (Å²) in [6.45, 7) is 2.14. The van der Waals surface area contributed by atoms with Crippen LogP contribution in [0.15, 0.2) is 52.7 Å². The third kappa shape index (κ3) is 4.12. The molecule has 3 aromatic rings. The molecule has 1 aliphatic rings. The summed E-state index contributed by atoms with van der Waals surface area (Å²) in [7, 11) is 0. The molecule has 2 amide bonds. The van der Waals surface area contributed by atoms with Crippen molar-refractivity contribution in [1.82, 2.24) is 19.8 Å². The second kappa shape index (κ2) is 8.35. The first-order valence-corrected chi connectivity index (χ1v) is 10.0. The molecular weight excluding hydrogens is 376 g/mol. The van der Waals surface area contributed by atoms with Crippen LogP contribution in [0.25, 0.3) is 10.6 Å². The Labute approximate surface area is 166 Å². The van der Waals surface area contributed by atoms with Crippen LogP contribution < -0.4 is 0 Å². The molecule has 0 bridgehead atoms. The summed E-state index contributed by atoms with van der Waals surface area (Å²) >= 11 is 1.58. The van der Waals surface area contributed by atoms with Gasteiger partial charge in [0, 0.05) is 55.9 Å². The lowest BCUT2D eigenvalue weighted by molar-refractivity contribution is -0.132. The van der Waals surface area contributed by atoms with Crippen molar-refractivity contribution >= 4 is 23.2 Å². The molecule has 1 aliphatic heterocycles. The Balaban J connectivity index is 1.26. The van der Waals surface area contributed by atoms with Crippen molar-refractivity contribution < 1.29 is 14.0 Å². The highest BCUT2D eigenvalue weighted by Gasteiger charge is 2.25. The molecule has 0 atom stereocenters. The molecule has 0 aromatic carbocycles. The van der Waals surface area contributed by atoms with Crippen LogP contribution in [0.1, 0.15) is 22.7 Å². The number of carbonyl (C=O) groups excluding carboxylic acids is 2. The van der Waals surface area contributed by atoms with Crippen LogP contribution in [0.4, 0.5) is 0 Å². The summed E-state index contributed by atoms with van der Waals surface area (Å²) in [6.07, 6.45) is 6.02. The van der Waals surface area contributed by atoms with Crippen LogP contribution in [-0.4, -0.2) is 57.8 Å². The first kappa shape index (κ1) is 18.4. The van der Waals surface area contributed by atoms with Gasteiger partial charge in [0.05, 0.1) is 12.0 Å². The first-order valence-electron chi connectivity index (χ1n) is 9.16. The largest absolute Gasteiger partial charge is 0.459 e. The fourth-order valence-electron chi connectivity index (χ4n) is 3.16. The fourth-order valence-corrected chi connectivity index (χ4v) is 4.02. The third-order valence-electron chi connectivity index (χ3n) is 4.73. The van der Waals surface area contributed by atoms with Gasteiger partial charge in [0.2, 0.25) is 5.91 Å². The smallest absolute Gasteiger partial charge is 0.289 e. The van der Waals surface area contributed by atoms with Gasteiger partial charge >= 0.3 is 0 Å². The van der Waals surface area contributed by atoms with Gasteiger partial charge in [-0.3, -0.25) is 14.6 Å². The molecule has 0 saturated carbocycles. The van der Waals surface area contributed by atoms with Crippen LogP contribution in [0.3, 0.4) is 0 Å². The number of hydrogen-bond donors (Lipinski definition) is 0. The van der Waals surface area contributed by atoms with E-state index < -0.39 is 0 Å². The second-order valence-corrected chi connectivity index (χ2v) is 7.39. The highest BCUT2D eigenvalue weighted by atomic mass is 32.1. The van der Waals surface area contributed by atoms with Gasteiger partial charge in [-0.05, 0) is 30.7 Å². The second-order valence-electron chi connectivity index (χ2n) is 6.53. The molecule has 8 heteroatoms. The van der Waals surface area contributed by atoms with Gasteiger partial charge in [-0.1, -0.05) is 0 Å². The highest BCUT2D eigenvalue weighted by molar-refractivity contribution is 7.13. The number of thiazole rings is 1. The van der Waals surface area contributed by atoms with Crippen LogP contribution >= 0.6 is 11.3 Å². The van der Waals surface area contributed by atoms with E-state index in [1.165, 1.54) is 6.26 Å². The molecule has 0 spiro atoms. The minimum Gasteiger partial charge on any atom is -0.459 e. The third-order valence-corrected chi connectivity index (χ3v) is 5.67. The topological polar surface area (TPSA) is 79.5 Å². The SMILES string of the molecule is O=C(CCc1csc(-c2ccncc2)n1)N1CCN(C(=O)c2ccco2)CC1. The predicted octanol–water partition coefficient (Wildman–Crippen LogP) is 2.72. The molecule has 3 aromatic heterocycles. The number of carbonyl (C=O) groups is 2. The highest BCUT2D eigenvalue weighted by Crippen LogP contribution is 2.23. The quantitative estimate of drug-likeness (QED) is 0.663. The Hall–Kier alpha value is -3.00. The molecule has 0 unspecified atom stereocenters. The van der Waals surface area contributed by atoms with Crippen LogP contribution in [0, 0.1) is 0 Å². The van der Waals surface area contributed by atoms with E-state index in [1.807, 2.05) is 22.4 Å². The summed E-state index contributed by atoms with van der Waals surface area (Å²) in [5, 5.41) is 2.94. The van der Waals surface area contributed by atoms with Crippen molar-refractivity contribution in [3.8, 4) is 10.6 Å². The molecule has 4 heterocycles. The number of pyridine rings is 1. The van der Waals surface area contributed by atoms with Gasteiger partial charge in [-0.25, -0.2) is 4.98 Å². The molecule has 1 fully saturated rings. The number of piperazine rings is 1. The monoisotopic (exact) mass is 396 g/mol. The van der Waals surface area contributed by atoms with E-state index in [0.29, 0.717) is 44.8 Å². The van der Waals surface area contributed by atoms with E-state index in [1.54, 1.807) is 40.8 Å². The van der Waals surface area contributed by atoms with E-state index in [2.05, 4.69) is 9.97 Å². The van der Waals surface area contributed by atoms with E-state index in [9.17, 15) is 9.59 Å². The Bertz CT molecular complexity index is 932. The van der Waals surface area contributed by atoms with Gasteiger partial charge in [0.25, 0.3) is 5.91 Å². The summed E-state index contributed by atoms with van der Waals surface area (Å²) in [6, 6.07) is 7.22. The zero-order valence-corrected chi connectivity index (χ0v) is 16.1. The fraction of sp³-hybridized carbons (Fsp3) is 0.300. The molecule has 0 N–H and O–H groups in total. The molecule has 0 radical (unpaired) electrons. The van der Waals surface area contributed by atoms with Crippen molar-refractivity contribution in [2.45, 2.75) is 12.8 Å². The number of nitrogens with zero attached hydrogens (tertiary/aromatic N) is 4. The lowest BCUT2D eigenvalue weighted by Crippen LogP contribution is -2.50. The van der Waals surface area contributed by atoms with Gasteiger partial charge in [-0.2, -0.15) is 0 Å². The maximum atomic E-state index is 12.5. The van der Waals surface area contributed by atoms with Crippen molar-refractivity contribution in [2.75, 3.05) is 26.2 Å². The molecule has 0 aliphatic carbocycles.